The lowest BCUT2D eigenvalue weighted by molar-refractivity contribution is -0.142. The minimum absolute atomic E-state index is 0.208. The summed E-state index contributed by atoms with van der Waals surface area (Å²) in [6, 6.07) is 7.64. The van der Waals surface area contributed by atoms with E-state index in [4.69, 9.17) is 0 Å². The third-order valence-electron chi connectivity index (χ3n) is 3.38. The molecule has 0 aliphatic rings. The summed E-state index contributed by atoms with van der Waals surface area (Å²) >= 11 is 0. The van der Waals surface area contributed by atoms with Crippen LogP contribution in [0.15, 0.2) is 42.7 Å². The highest BCUT2D eigenvalue weighted by molar-refractivity contribution is 5.84. The molecule has 0 unspecified atom stereocenters. The second-order valence-electron chi connectivity index (χ2n) is 4.89. The highest BCUT2D eigenvalue weighted by Crippen LogP contribution is 2.13. The molecular weight excluding hydrogens is 282 g/mol. The number of nitrogens with zero attached hydrogens (tertiary/aromatic N) is 2. The van der Waals surface area contributed by atoms with Crippen LogP contribution in [0.3, 0.4) is 0 Å². The highest BCUT2D eigenvalue weighted by atomic mass is 16.4. The predicted molar refractivity (Wildman–Crippen MR) is 81.2 cm³/mol. The fourth-order valence-electron chi connectivity index (χ4n) is 2.25. The molecule has 0 saturated carbocycles. The van der Waals surface area contributed by atoms with E-state index in [2.05, 4.69) is 10.3 Å². The number of aryl methyl sites for hydroxylation is 2. The second kappa shape index (κ2) is 7.40. The van der Waals surface area contributed by atoms with Gasteiger partial charge in [-0.1, -0.05) is 37.3 Å². The molecule has 1 aromatic heterocycles. The van der Waals surface area contributed by atoms with Gasteiger partial charge in [0.25, 0.3) is 0 Å². The lowest BCUT2D eigenvalue weighted by Crippen LogP contribution is -2.34. The van der Waals surface area contributed by atoms with Crippen molar-refractivity contribution < 1.29 is 14.7 Å². The molecule has 116 valence electrons. The van der Waals surface area contributed by atoms with Gasteiger partial charge in [0.1, 0.15) is 5.82 Å². The van der Waals surface area contributed by atoms with Gasteiger partial charge in [-0.15, -0.1) is 0 Å². The number of hydrogen-bond acceptors (Lipinski definition) is 3. The van der Waals surface area contributed by atoms with Crippen LogP contribution in [0.25, 0.3) is 0 Å². The van der Waals surface area contributed by atoms with Crippen LogP contribution < -0.4 is 5.32 Å². The van der Waals surface area contributed by atoms with Crippen molar-refractivity contribution in [1.29, 1.82) is 0 Å². The number of benzene rings is 1. The molecular formula is C16H19N3O3. The molecule has 6 nitrogen and oxygen atoms in total. The first-order valence-electron chi connectivity index (χ1n) is 7.19. The zero-order valence-electron chi connectivity index (χ0n) is 12.4. The van der Waals surface area contributed by atoms with Crippen LogP contribution in [-0.4, -0.2) is 26.5 Å². The van der Waals surface area contributed by atoms with Gasteiger partial charge in [-0.05, 0) is 5.56 Å². The smallest absolute Gasteiger partial charge is 0.330 e. The van der Waals surface area contributed by atoms with Crippen molar-refractivity contribution >= 4 is 11.9 Å². The molecule has 22 heavy (non-hydrogen) atoms. The zero-order valence-corrected chi connectivity index (χ0v) is 12.4. The van der Waals surface area contributed by atoms with Gasteiger partial charge in [0, 0.05) is 31.8 Å². The Balaban J connectivity index is 1.96. The number of amides is 1. The molecule has 2 N–H and O–H groups in total. The average Bonchev–Trinajstić information content (AvgIpc) is 2.98. The Bertz CT molecular complexity index is 637. The molecule has 0 spiro atoms. The molecule has 0 saturated heterocycles. The van der Waals surface area contributed by atoms with Crippen LogP contribution in [0.2, 0.25) is 0 Å². The summed E-state index contributed by atoms with van der Waals surface area (Å²) in [7, 11) is 0. The van der Waals surface area contributed by atoms with Crippen molar-refractivity contribution in [3.05, 3.63) is 54.1 Å². The van der Waals surface area contributed by atoms with Gasteiger partial charge in [-0.3, -0.25) is 4.79 Å². The lowest BCUT2D eigenvalue weighted by atomic mass is 10.1. The van der Waals surface area contributed by atoms with Gasteiger partial charge >= 0.3 is 5.97 Å². The van der Waals surface area contributed by atoms with Gasteiger partial charge in [-0.2, -0.15) is 0 Å². The summed E-state index contributed by atoms with van der Waals surface area (Å²) in [5.41, 5.74) is 0.556. The maximum atomic E-state index is 12.0. The van der Waals surface area contributed by atoms with Gasteiger partial charge in [0.15, 0.2) is 6.04 Å². The molecule has 0 aliphatic carbocycles. The van der Waals surface area contributed by atoms with Crippen molar-refractivity contribution in [3.63, 3.8) is 0 Å². The quantitative estimate of drug-likeness (QED) is 0.816. The fraction of sp³-hybridized carbons (Fsp3) is 0.312. The average molecular weight is 301 g/mol. The monoisotopic (exact) mass is 301 g/mol. The van der Waals surface area contributed by atoms with Crippen LogP contribution >= 0.6 is 0 Å². The Labute approximate surface area is 128 Å². The van der Waals surface area contributed by atoms with E-state index in [1.807, 2.05) is 17.7 Å². The number of aromatic nitrogens is 2. The van der Waals surface area contributed by atoms with Gasteiger partial charge in [0.2, 0.25) is 5.91 Å². The normalized spacial score (nSPS) is 11.9. The van der Waals surface area contributed by atoms with Crippen molar-refractivity contribution in [1.82, 2.24) is 14.9 Å². The number of rotatable bonds is 7. The third kappa shape index (κ3) is 3.94. The lowest BCUT2D eigenvalue weighted by Gasteiger charge is -2.15. The van der Waals surface area contributed by atoms with Crippen molar-refractivity contribution in [2.75, 3.05) is 0 Å². The fourth-order valence-corrected chi connectivity index (χ4v) is 2.25. The molecule has 1 amide bonds. The Morgan fingerprint density at radius 2 is 2.05 bits per heavy atom. The van der Waals surface area contributed by atoms with Crippen molar-refractivity contribution in [2.45, 2.75) is 32.4 Å². The molecule has 6 heteroatoms. The van der Waals surface area contributed by atoms with Crippen molar-refractivity contribution in [2.24, 2.45) is 0 Å². The molecule has 0 radical (unpaired) electrons. The van der Waals surface area contributed by atoms with E-state index >= 15 is 0 Å². The molecule has 2 rings (SSSR count). The molecule has 1 aromatic carbocycles. The number of aliphatic carboxylic acids is 1. The van der Waals surface area contributed by atoms with Crippen LogP contribution in [0.4, 0.5) is 0 Å². The maximum Gasteiger partial charge on any atom is 0.330 e. The van der Waals surface area contributed by atoms with Crippen molar-refractivity contribution in [3.8, 4) is 0 Å². The molecule has 2 aromatic rings. The van der Waals surface area contributed by atoms with E-state index in [0.717, 1.165) is 12.2 Å². The first kappa shape index (κ1) is 15.8. The minimum Gasteiger partial charge on any atom is -0.479 e. The number of imidazole rings is 1. The molecule has 1 atom stereocenters. The summed E-state index contributed by atoms with van der Waals surface area (Å²) in [4.78, 5) is 27.5. The van der Waals surface area contributed by atoms with Crippen LogP contribution in [-0.2, 0) is 22.6 Å². The molecule has 1 heterocycles. The second-order valence-corrected chi connectivity index (χ2v) is 4.89. The number of carbonyl (C=O) groups is 2. The van der Waals surface area contributed by atoms with E-state index in [0.29, 0.717) is 12.1 Å². The predicted octanol–water partition coefficient (Wildman–Crippen LogP) is 1.78. The number of hydrogen-bond donors (Lipinski definition) is 2. The van der Waals surface area contributed by atoms with E-state index < -0.39 is 12.0 Å². The zero-order chi connectivity index (χ0) is 15.9. The van der Waals surface area contributed by atoms with Crippen LogP contribution in [0.1, 0.15) is 30.8 Å². The maximum absolute atomic E-state index is 12.0. The standard InChI is InChI=1S/C16H19N3O3/c1-2-13-17-9-11-19(13)10-8-14(20)18-15(16(21)22)12-6-4-3-5-7-12/h3-7,9,11,15H,2,8,10H2,1H3,(H,18,20)(H,21,22)/t15-/m0/s1. The first-order valence-corrected chi connectivity index (χ1v) is 7.19. The first-order chi connectivity index (χ1) is 10.6. The summed E-state index contributed by atoms with van der Waals surface area (Å²) in [5.74, 6) is -0.464. The van der Waals surface area contributed by atoms with E-state index in [1.54, 1.807) is 36.5 Å². The summed E-state index contributed by atoms with van der Waals surface area (Å²) in [5, 5.41) is 11.8. The summed E-state index contributed by atoms with van der Waals surface area (Å²) in [6.07, 6.45) is 4.51. The summed E-state index contributed by atoms with van der Waals surface area (Å²) < 4.78 is 1.90. The Kier molecular flexibility index (Phi) is 5.30. The van der Waals surface area contributed by atoms with E-state index in [-0.39, 0.29) is 12.3 Å². The van der Waals surface area contributed by atoms with Gasteiger partial charge < -0.3 is 15.0 Å². The topological polar surface area (TPSA) is 84.2 Å². The van der Waals surface area contributed by atoms with E-state index in [9.17, 15) is 14.7 Å². The van der Waals surface area contributed by atoms with Crippen LogP contribution in [0, 0.1) is 0 Å². The van der Waals surface area contributed by atoms with Gasteiger partial charge in [-0.25, -0.2) is 9.78 Å². The number of carbonyl (C=O) groups excluding carboxylic acids is 1. The Hall–Kier alpha value is -2.63. The molecule has 0 fully saturated rings. The SMILES string of the molecule is CCc1nccn1CCC(=O)N[C@H](C(=O)O)c1ccccc1. The number of carboxylic acids is 1. The largest absolute Gasteiger partial charge is 0.479 e. The third-order valence-corrected chi connectivity index (χ3v) is 3.38. The van der Waals surface area contributed by atoms with Crippen LogP contribution in [0.5, 0.6) is 0 Å². The Morgan fingerprint density at radius 1 is 1.32 bits per heavy atom. The number of carboxylic acid groups (broad SMARTS) is 1. The number of nitrogens with one attached hydrogen (secondary N) is 1. The van der Waals surface area contributed by atoms with Gasteiger partial charge in [0.05, 0.1) is 0 Å². The highest BCUT2D eigenvalue weighted by Gasteiger charge is 2.21. The summed E-state index contributed by atoms with van der Waals surface area (Å²) in [6.45, 7) is 2.48. The Morgan fingerprint density at radius 3 is 2.68 bits per heavy atom. The molecule has 0 aliphatic heterocycles. The molecule has 0 bridgehead atoms. The minimum atomic E-state index is -1.07. The van der Waals surface area contributed by atoms with E-state index in [1.165, 1.54) is 0 Å².